The Morgan fingerprint density at radius 3 is 2.94 bits per heavy atom. The van der Waals surface area contributed by atoms with Crippen molar-refractivity contribution < 1.29 is 39.5 Å². The molecule has 0 aliphatic heterocycles. The van der Waals surface area contributed by atoms with Gasteiger partial charge in [-0.05, 0) is 24.5 Å². The topological polar surface area (TPSA) is 70.8 Å². The largest absolute Gasteiger partial charge is 1.00 e. The number of carbonyl (C=O) groups is 1. The molecule has 0 atom stereocenters. The van der Waals surface area contributed by atoms with Crippen LogP contribution in [0, 0.1) is 0 Å². The second kappa shape index (κ2) is 4.84. The average molecular weight is 251 g/mol. The molecule has 2 heterocycles. The van der Waals surface area contributed by atoms with E-state index in [-0.39, 0.29) is 35.3 Å². The summed E-state index contributed by atoms with van der Waals surface area (Å²) < 4.78 is 1.38. The van der Waals surface area contributed by atoms with Crippen molar-refractivity contribution in [3.63, 3.8) is 0 Å². The Balaban J connectivity index is 0.00000120. The molecule has 5 nitrogen and oxygen atoms in total. The number of fused-ring (bicyclic) bond motifs is 3. The minimum atomic E-state index is -1.17. The summed E-state index contributed by atoms with van der Waals surface area (Å²) in [6.07, 6.45) is 4.97. The van der Waals surface area contributed by atoms with Crippen molar-refractivity contribution in [2.75, 3.05) is 0 Å². The van der Waals surface area contributed by atoms with Crippen molar-refractivity contribution in [3.8, 4) is 11.3 Å². The monoisotopic (exact) mass is 251 g/mol. The molecule has 0 unspecified atom stereocenters. The van der Waals surface area contributed by atoms with Crippen molar-refractivity contribution in [1.82, 2.24) is 14.8 Å². The van der Waals surface area contributed by atoms with E-state index in [2.05, 4.69) is 10.1 Å². The minimum Gasteiger partial charge on any atom is -0.543 e. The fourth-order valence-corrected chi connectivity index (χ4v) is 2.39. The Labute approximate surface area is 126 Å². The molecule has 0 N–H and O–H groups in total. The second-order valence-electron chi connectivity index (χ2n) is 4.12. The third-order valence-corrected chi connectivity index (χ3v) is 3.14. The van der Waals surface area contributed by atoms with E-state index in [0.29, 0.717) is 6.42 Å². The van der Waals surface area contributed by atoms with Gasteiger partial charge in [0.05, 0.1) is 17.4 Å². The molecule has 0 fully saturated rings. The molecule has 1 aliphatic carbocycles. The predicted molar refractivity (Wildman–Crippen MR) is 58.2 cm³/mol. The second-order valence-corrected chi connectivity index (χ2v) is 4.12. The maximum atomic E-state index is 11.1. The number of carboxylic acid groups (broad SMARTS) is 1. The molecule has 86 valence electrons. The van der Waals surface area contributed by atoms with Crippen molar-refractivity contribution >= 4 is 5.97 Å². The first-order valence-electron chi connectivity index (χ1n) is 5.39. The van der Waals surface area contributed by atoms with E-state index in [9.17, 15) is 9.90 Å². The van der Waals surface area contributed by atoms with Crippen LogP contribution in [0.2, 0.25) is 0 Å². The minimum absolute atomic E-state index is 0. The van der Waals surface area contributed by atoms with Gasteiger partial charge in [-0.15, -0.1) is 0 Å². The van der Waals surface area contributed by atoms with Gasteiger partial charge < -0.3 is 9.90 Å². The number of hydrogen-bond acceptors (Lipinski definition) is 4. The molecular weight excluding hydrogens is 241 g/mol. The standard InChI is InChI=1S/C12H11N3O2.Na/c1-15-11(12(16)17)9-3-2-7-6-13-5-4-8(7)10(9)14-15;/h4-6H,2-3H2,1H3,(H,16,17);/q;+1/p-1. The van der Waals surface area contributed by atoms with Crippen LogP contribution >= 0.6 is 0 Å². The van der Waals surface area contributed by atoms with Crippen LogP contribution in [0.25, 0.3) is 11.3 Å². The molecule has 0 bridgehead atoms. The van der Waals surface area contributed by atoms with E-state index in [4.69, 9.17) is 0 Å². The predicted octanol–water partition coefficient (Wildman–Crippen LogP) is -3.05. The third-order valence-electron chi connectivity index (χ3n) is 3.14. The van der Waals surface area contributed by atoms with E-state index in [1.807, 2.05) is 12.3 Å². The molecule has 0 saturated heterocycles. The number of pyridine rings is 1. The molecule has 3 rings (SSSR count). The summed E-state index contributed by atoms with van der Waals surface area (Å²) in [5.74, 6) is -1.17. The van der Waals surface area contributed by atoms with Gasteiger partial charge in [-0.25, -0.2) is 0 Å². The Morgan fingerprint density at radius 2 is 2.22 bits per heavy atom. The maximum Gasteiger partial charge on any atom is 1.00 e. The Kier molecular flexibility index (Phi) is 3.56. The summed E-state index contributed by atoms with van der Waals surface area (Å²) >= 11 is 0. The summed E-state index contributed by atoms with van der Waals surface area (Å²) in [6.45, 7) is 0. The molecule has 0 radical (unpaired) electrons. The first-order chi connectivity index (χ1) is 8.18. The molecule has 0 saturated carbocycles. The van der Waals surface area contributed by atoms with E-state index >= 15 is 0 Å². The number of rotatable bonds is 1. The quantitative estimate of drug-likeness (QED) is 0.505. The van der Waals surface area contributed by atoms with Crippen molar-refractivity contribution in [2.24, 2.45) is 7.05 Å². The van der Waals surface area contributed by atoms with Gasteiger partial charge in [-0.1, -0.05) is 0 Å². The van der Waals surface area contributed by atoms with Gasteiger partial charge in [-0.2, -0.15) is 5.10 Å². The number of aryl methyl sites for hydroxylation is 2. The SMILES string of the molecule is Cn1nc2c(c1C(=O)[O-])CCc1cnccc1-2.[Na+]. The summed E-state index contributed by atoms with van der Waals surface area (Å²) in [4.78, 5) is 15.2. The summed E-state index contributed by atoms with van der Waals surface area (Å²) in [6, 6.07) is 1.87. The van der Waals surface area contributed by atoms with Gasteiger partial charge >= 0.3 is 29.6 Å². The number of nitrogens with zero attached hydrogens (tertiary/aromatic N) is 3. The van der Waals surface area contributed by atoms with E-state index in [1.54, 1.807) is 13.2 Å². The van der Waals surface area contributed by atoms with E-state index in [0.717, 1.165) is 28.8 Å². The van der Waals surface area contributed by atoms with Gasteiger partial charge in [-0.3, -0.25) is 9.67 Å². The van der Waals surface area contributed by atoms with E-state index < -0.39 is 5.97 Å². The van der Waals surface area contributed by atoms with Gasteiger partial charge in [0.2, 0.25) is 0 Å². The van der Waals surface area contributed by atoms with E-state index in [1.165, 1.54) is 4.68 Å². The molecular formula is C12H10N3NaO2. The van der Waals surface area contributed by atoms with Crippen LogP contribution in [0.3, 0.4) is 0 Å². The molecule has 0 spiro atoms. The Hall–Kier alpha value is -1.17. The number of carboxylic acids is 1. The van der Waals surface area contributed by atoms with Gasteiger partial charge in [0.15, 0.2) is 0 Å². The molecule has 18 heavy (non-hydrogen) atoms. The molecule has 0 amide bonds. The van der Waals surface area contributed by atoms with Crippen LogP contribution in [0.15, 0.2) is 18.5 Å². The zero-order chi connectivity index (χ0) is 12.0. The molecule has 2 aromatic heterocycles. The summed E-state index contributed by atoms with van der Waals surface area (Å²) in [7, 11) is 1.63. The summed E-state index contributed by atoms with van der Waals surface area (Å²) in [5.41, 5.74) is 3.79. The van der Waals surface area contributed by atoms with Gasteiger partial charge in [0.1, 0.15) is 0 Å². The first-order valence-corrected chi connectivity index (χ1v) is 5.39. The number of aromatic carboxylic acids is 1. The average Bonchev–Trinajstić information content (AvgIpc) is 2.65. The third kappa shape index (κ3) is 1.88. The smallest absolute Gasteiger partial charge is 0.543 e. The van der Waals surface area contributed by atoms with Gasteiger partial charge in [0.25, 0.3) is 0 Å². The normalized spacial score (nSPS) is 12.3. The number of aromatic nitrogens is 3. The number of carbonyl (C=O) groups excluding carboxylic acids is 1. The summed E-state index contributed by atoms with van der Waals surface area (Å²) in [5, 5.41) is 15.4. The molecule has 0 aromatic carbocycles. The van der Waals surface area contributed by atoms with Crippen molar-refractivity contribution in [3.05, 3.63) is 35.3 Å². The van der Waals surface area contributed by atoms with Crippen LogP contribution in [-0.2, 0) is 19.9 Å². The van der Waals surface area contributed by atoms with Crippen molar-refractivity contribution in [1.29, 1.82) is 0 Å². The molecule has 1 aliphatic rings. The Bertz CT molecular complexity index is 622. The number of hydrogen-bond donors (Lipinski definition) is 0. The van der Waals surface area contributed by atoms with Crippen molar-refractivity contribution in [2.45, 2.75) is 12.8 Å². The fraction of sp³-hybridized carbons (Fsp3) is 0.250. The zero-order valence-corrected chi connectivity index (χ0v) is 12.3. The zero-order valence-electron chi connectivity index (χ0n) is 10.3. The molecule has 6 heteroatoms. The van der Waals surface area contributed by atoms with Crippen LogP contribution in [0.4, 0.5) is 0 Å². The van der Waals surface area contributed by atoms with Crippen LogP contribution in [-0.4, -0.2) is 20.7 Å². The Morgan fingerprint density at radius 1 is 1.44 bits per heavy atom. The first kappa shape index (κ1) is 13.3. The van der Waals surface area contributed by atoms with Gasteiger partial charge in [0, 0.05) is 30.6 Å². The molecule has 2 aromatic rings. The maximum absolute atomic E-state index is 11.1. The fourth-order valence-electron chi connectivity index (χ4n) is 2.39. The van der Waals surface area contributed by atoms with Crippen LogP contribution in [0.5, 0.6) is 0 Å². The van der Waals surface area contributed by atoms with Crippen LogP contribution in [0.1, 0.15) is 21.6 Å². The van der Waals surface area contributed by atoms with Crippen LogP contribution < -0.4 is 34.7 Å².